The number of alkyl halides is 1. The smallest absolute Gasteiger partial charge is 0.115 e. The third-order valence-electron chi connectivity index (χ3n) is 4.50. The Bertz CT molecular complexity index is 171. The van der Waals surface area contributed by atoms with Crippen LogP contribution in [0.3, 0.4) is 0 Å². The summed E-state index contributed by atoms with van der Waals surface area (Å²) in [5.41, 5.74) is -0.923. The summed E-state index contributed by atoms with van der Waals surface area (Å²) in [5.74, 6) is 0.588. The Balaban J connectivity index is 1.96. The highest BCUT2D eigenvalue weighted by Gasteiger charge is 2.42. The van der Waals surface area contributed by atoms with Crippen molar-refractivity contribution in [2.45, 2.75) is 57.5 Å². The molecular formula is C13H24FN. The molecule has 2 heteroatoms. The van der Waals surface area contributed by atoms with E-state index in [0.717, 1.165) is 38.8 Å². The minimum absolute atomic E-state index is 0.259. The van der Waals surface area contributed by atoms with Gasteiger partial charge in [0.05, 0.1) is 0 Å². The maximum absolute atomic E-state index is 14.8. The second kappa shape index (κ2) is 4.82. The highest BCUT2D eigenvalue weighted by Crippen LogP contribution is 2.41. The molecule has 2 rings (SSSR count). The molecule has 0 spiro atoms. The summed E-state index contributed by atoms with van der Waals surface area (Å²) in [4.78, 5) is 0. The molecule has 1 saturated heterocycles. The van der Waals surface area contributed by atoms with Crippen molar-refractivity contribution in [3.63, 3.8) is 0 Å². The predicted octanol–water partition coefficient (Wildman–Crippen LogP) is 3.29. The van der Waals surface area contributed by atoms with Gasteiger partial charge in [0, 0.05) is 12.5 Å². The van der Waals surface area contributed by atoms with Gasteiger partial charge in [0.25, 0.3) is 0 Å². The molecule has 2 aliphatic rings. The lowest BCUT2D eigenvalue weighted by atomic mass is 9.71. The summed E-state index contributed by atoms with van der Waals surface area (Å²) < 4.78 is 14.8. The summed E-state index contributed by atoms with van der Waals surface area (Å²) in [6.07, 6.45) is 8.25. The lowest BCUT2D eigenvalue weighted by molar-refractivity contribution is 0.00442. The molecule has 0 aromatic rings. The van der Waals surface area contributed by atoms with Crippen molar-refractivity contribution < 1.29 is 4.39 Å². The van der Waals surface area contributed by atoms with Crippen LogP contribution in [0.25, 0.3) is 0 Å². The normalized spacial score (nSPS) is 33.6. The van der Waals surface area contributed by atoms with E-state index in [4.69, 9.17) is 0 Å². The Labute approximate surface area is 92.8 Å². The molecule has 1 N–H and O–H groups in total. The van der Waals surface area contributed by atoms with Gasteiger partial charge in [0.15, 0.2) is 0 Å². The Hall–Kier alpha value is -0.110. The summed E-state index contributed by atoms with van der Waals surface area (Å²) in [6, 6.07) is 0. The fraction of sp³-hybridized carbons (Fsp3) is 1.00. The van der Waals surface area contributed by atoms with E-state index < -0.39 is 5.67 Å². The standard InChI is InChI=1S/C13H24FN/c1-13(14,11-6-3-2-4-7-11)12-8-5-9-15-10-12/h11-12,15H,2-10H2,1H3. The zero-order valence-electron chi connectivity index (χ0n) is 9.90. The number of nitrogens with one attached hydrogen (secondary N) is 1. The fourth-order valence-corrected chi connectivity index (χ4v) is 3.33. The van der Waals surface area contributed by atoms with Gasteiger partial charge in [-0.1, -0.05) is 19.3 Å². The second-order valence-corrected chi connectivity index (χ2v) is 5.53. The minimum Gasteiger partial charge on any atom is -0.316 e. The minimum atomic E-state index is -0.923. The first-order valence-electron chi connectivity index (χ1n) is 6.61. The van der Waals surface area contributed by atoms with Gasteiger partial charge < -0.3 is 5.32 Å². The van der Waals surface area contributed by atoms with E-state index in [1.54, 1.807) is 0 Å². The molecular weight excluding hydrogens is 189 g/mol. The van der Waals surface area contributed by atoms with Gasteiger partial charge in [0.2, 0.25) is 0 Å². The predicted molar refractivity (Wildman–Crippen MR) is 61.7 cm³/mol. The molecule has 1 aliphatic carbocycles. The Kier molecular flexibility index (Phi) is 3.65. The Morgan fingerprint density at radius 3 is 2.27 bits per heavy atom. The summed E-state index contributed by atoms with van der Waals surface area (Å²) >= 11 is 0. The van der Waals surface area contributed by atoms with Crippen molar-refractivity contribution in [2.75, 3.05) is 13.1 Å². The molecule has 15 heavy (non-hydrogen) atoms. The molecule has 2 fully saturated rings. The third kappa shape index (κ3) is 2.52. The van der Waals surface area contributed by atoms with Crippen LogP contribution in [0.15, 0.2) is 0 Å². The molecule has 88 valence electrons. The molecule has 0 aromatic heterocycles. The molecule has 2 unspecified atom stereocenters. The molecule has 2 atom stereocenters. The number of rotatable bonds is 2. The lowest BCUT2D eigenvalue weighted by Crippen LogP contribution is -2.46. The molecule has 0 bridgehead atoms. The molecule has 0 radical (unpaired) electrons. The maximum atomic E-state index is 14.8. The van der Waals surface area contributed by atoms with E-state index in [1.165, 1.54) is 19.3 Å². The first-order valence-corrected chi connectivity index (χ1v) is 6.61. The van der Waals surface area contributed by atoms with Crippen LogP contribution in [0.5, 0.6) is 0 Å². The molecule has 1 aliphatic heterocycles. The van der Waals surface area contributed by atoms with E-state index >= 15 is 0 Å². The van der Waals surface area contributed by atoms with E-state index in [-0.39, 0.29) is 5.92 Å². The van der Waals surface area contributed by atoms with Crippen LogP contribution in [0, 0.1) is 11.8 Å². The number of hydrogen-bond donors (Lipinski definition) is 1. The molecule has 0 aromatic carbocycles. The summed E-state index contributed by atoms with van der Waals surface area (Å²) in [7, 11) is 0. The van der Waals surface area contributed by atoms with Crippen LogP contribution in [0.4, 0.5) is 4.39 Å². The van der Waals surface area contributed by atoms with Gasteiger partial charge in [-0.15, -0.1) is 0 Å². The average Bonchev–Trinajstić information content (AvgIpc) is 2.31. The lowest BCUT2D eigenvalue weighted by Gasteiger charge is -2.41. The third-order valence-corrected chi connectivity index (χ3v) is 4.50. The van der Waals surface area contributed by atoms with E-state index in [0.29, 0.717) is 5.92 Å². The largest absolute Gasteiger partial charge is 0.316 e. The van der Waals surface area contributed by atoms with Crippen LogP contribution in [-0.4, -0.2) is 18.8 Å². The van der Waals surface area contributed by atoms with Crippen molar-refractivity contribution in [2.24, 2.45) is 11.8 Å². The zero-order valence-corrected chi connectivity index (χ0v) is 9.90. The summed E-state index contributed by atoms with van der Waals surface area (Å²) in [5, 5.41) is 3.34. The average molecular weight is 213 g/mol. The molecule has 1 heterocycles. The Morgan fingerprint density at radius 1 is 1.00 bits per heavy atom. The first-order chi connectivity index (χ1) is 7.21. The van der Waals surface area contributed by atoms with Gasteiger partial charge in [-0.3, -0.25) is 0 Å². The van der Waals surface area contributed by atoms with E-state index in [9.17, 15) is 4.39 Å². The van der Waals surface area contributed by atoms with Gasteiger partial charge in [0.1, 0.15) is 5.67 Å². The van der Waals surface area contributed by atoms with Gasteiger partial charge in [-0.2, -0.15) is 0 Å². The van der Waals surface area contributed by atoms with Crippen molar-refractivity contribution in [1.29, 1.82) is 0 Å². The highest BCUT2D eigenvalue weighted by molar-refractivity contribution is 4.93. The maximum Gasteiger partial charge on any atom is 0.115 e. The van der Waals surface area contributed by atoms with Crippen molar-refractivity contribution in [1.82, 2.24) is 5.32 Å². The molecule has 0 amide bonds. The van der Waals surface area contributed by atoms with Crippen LogP contribution in [0.2, 0.25) is 0 Å². The van der Waals surface area contributed by atoms with Crippen LogP contribution >= 0.6 is 0 Å². The van der Waals surface area contributed by atoms with Crippen molar-refractivity contribution in [3.8, 4) is 0 Å². The number of halogens is 1. The van der Waals surface area contributed by atoms with Crippen molar-refractivity contribution >= 4 is 0 Å². The fourth-order valence-electron chi connectivity index (χ4n) is 3.33. The van der Waals surface area contributed by atoms with Crippen LogP contribution in [-0.2, 0) is 0 Å². The number of hydrogen-bond acceptors (Lipinski definition) is 1. The van der Waals surface area contributed by atoms with Gasteiger partial charge in [-0.05, 0) is 45.1 Å². The monoisotopic (exact) mass is 213 g/mol. The number of piperidine rings is 1. The molecule has 1 saturated carbocycles. The van der Waals surface area contributed by atoms with Gasteiger partial charge >= 0.3 is 0 Å². The summed E-state index contributed by atoms with van der Waals surface area (Å²) in [6.45, 7) is 3.83. The van der Waals surface area contributed by atoms with Crippen LogP contribution < -0.4 is 5.32 Å². The second-order valence-electron chi connectivity index (χ2n) is 5.53. The Morgan fingerprint density at radius 2 is 1.67 bits per heavy atom. The van der Waals surface area contributed by atoms with E-state index in [2.05, 4.69) is 5.32 Å². The first kappa shape index (κ1) is 11.4. The zero-order chi connectivity index (χ0) is 10.7. The SMILES string of the molecule is CC(F)(C1CCCCC1)C1CCCNC1. The van der Waals surface area contributed by atoms with Crippen LogP contribution in [0.1, 0.15) is 51.9 Å². The van der Waals surface area contributed by atoms with Gasteiger partial charge in [-0.25, -0.2) is 4.39 Å². The molecule has 1 nitrogen and oxygen atoms in total. The highest BCUT2D eigenvalue weighted by atomic mass is 19.1. The van der Waals surface area contributed by atoms with E-state index in [1.807, 2.05) is 6.92 Å². The quantitative estimate of drug-likeness (QED) is 0.742. The van der Waals surface area contributed by atoms with Crippen molar-refractivity contribution in [3.05, 3.63) is 0 Å². The topological polar surface area (TPSA) is 12.0 Å².